The number of benzene rings is 4. The summed E-state index contributed by atoms with van der Waals surface area (Å²) < 4.78 is 13.0. The lowest BCUT2D eigenvalue weighted by Gasteiger charge is -2.42. The highest BCUT2D eigenvalue weighted by molar-refractivity contribution is 6.31. The summed E-state index contributed by atoms with van der Waals surface area (Å²) in [5, 5.41) is 5.63. The van der Waals surface area contributed by atoms with Gasteiger partial charge in [-0.1, -0.05) is 83.9 Å². The highest BCUT2D eigenvalue weighted by Gasteiger charge is 2.43. The predicted octanol–water partition coefficient (Wildman–Crippen LogP) is 7.72. The molecular formula is C39H39ClN4O4. The van der Waals surface area contributed by atoms with E-state index in [1.807, 2.05) is 122 Å². The number of aromatic nitrogens is 2. The first kappa shape index (κ1) is 32.8. The molecule has 1 saturated heterocycles. The van der Waals surface area contributed by atoms with Crippen LogP contribution in [0.2, 0.25) is 5.02 Å². The molecule has 0 spiro atoms. The molecule has 2 unspecified atom stereocenters. The Morgan fingerprint density at radius 1 is 0.917 bits per heavy atom. The van der Waals surface area contributed by atoms with Gasteiger partial charge in [-0.05, 0) is 54.8 Å². The van der Waals surface area contributed by atoms with Crippen molar-refractivity contribution in [2.45, 2.75) is 38.9 Å². The monoisotopic (exact) mass is 662 g/mol. The predicted molar refractivity (Wildman–Crippen MR) is 188 cm³/mol. The number of piperidine rings is 1. The molecule has 48 heavy (non-hydrogen) atoms. The minimum absolute atomic E-state index is 0.0300. The number of amides is 2. The Morgan fingerprint density at radius 2 is 1.62 bits per heavy atom. The number of nitrogens with zero attached hydrogens (tertiary/aromatic N) is 4. The van der Waals surface area contributed by atoms with Gasteiger partial charge in [0.15, 0.2) is 11.5 Å². The van der Waals surface area contributed by atoms with Crippen LogP contribution in [-0.4, -0.2) is 47.8 Å². The van der Waals surface area contributed by atoms with Crippen molar-refractivity contribution in [1.82, 2.24) is 14.7 Å². The molecule has 6 rings (SSSR count). The molecule has 4 aromatic carbocycles. The third-order valence-corrected chi connectivity index (χ3v) is 9.30. The lowest BCUT2D eigenvalue weighted by Crippen LogP contribution is -2.48. The molecule has 0 aliphatic carbocycles. The van der Waals surface area contributed by atoms with Gasteiger partial charge >= 0.3 is 0 Å². The number of ether oxygens (including phenoxy) is 2. The second kappa shape index (κ2) is 14.4. The maximum absolute atomic E-state index is 14.6. The molecular weight excluding hydrogens is 624 g/mol. The molecule has 5 aromatic rings. The number of carbonyl (C=O) groups is 2. The standard InChI is InChI=1S/C39H39ClN4O4/c1-26-14-17-31(18-15-26)44-36(45)21-19-32(38(44)28-16-20-34(47-3)35(22-28)48-4)39(46)42(2)23-30-25-43(24-29-12-8-9-13-33(29)40)41-37(30)27-10-6-5-7-11-27/h5-18,20,22,25,32,38H,19,21,23-24H2,1-4H3. The molecule has 9 heteroatoms. The van der Waals surface area contributed by atoms with Gasteiger partial charge in [0.05, 0.1) is 38.4 Å². The first-order valence-corrected chi connectivity index (χ1v) is 16.4. The summed E-state index contributed by atoms with van der Waals surface area (Å²) in [4.78, 5) is 31.8. The van der Waals surface area contributed by atoms with Crippen molar-refractivity contribution in [3.63, 3.8) is 0 Å². The Bertz CT molecular complexity index is 1910. The number of hydrogen-bond donors (Lipinski definition) is 0. The van der Waals surface area contributed by atoms with Gasteiger partial charge in [0.1, 0.15) is 0 Å². The largest absolute Gasteiger partial charge is 0.493 e. The summed E-state index contributed by atoms with van der Waals surface area (Å²) in [6.45, 7) is 2.84. The number of anilines is 1. The van der Waals surface area contributed by atoms with Crippen molar-refractivity contribution in [3.8, 4) is 22.8 Å². The van der Waals surface area contributed by atoms with Crippen LogP contribution in [0.4, 0.5) is 5.69 Å². The van der Waals surface area contributed by atoms with Crippen molar-refractivity contribution in [2.24, 2.45) is 5.92 Å². The zero-order chi connectivity index (χ0) is 33.8. The molecule has 0 saturated carbocycles. The Balaban J connectivity index is 1.36. The molecule has 246 valence electrons. The summed E-state index contributed by atoms with van der Waals surface area (Å²) >= 11 is 6.49. The third kappa shape index (κ3) is 6.80. The molecule has 2 amide bonds. The van der Waals surface area contributed by atoms with Gasteiger partial charge in [-0.3, -0.25) is 14.3 Å². The van der Waals surface area contributed by atoms with Gasteiger partial charge in [0, 0.05) is 48.0 Å². The van der Waals surface area contributed by atoms with Crippen molar-refractivity contribution in [3.05, 3.63) is 131 Å². The van der Waals surface area contributed by atoms with E-state index in [0.717, 1.165) is 39.2 Å². The summed E-state index contributed by atoms with van der Waals surface area (Å²) in [7, 11) is 4.99. The van der Waals surface area contributed by atoms with E-state index in [2.05, 4.69) is 0 Å². The van der Waals surface area contributed by atoms with E-state index >= 15 is 0 Å². The molecule has 1 aromatic heterocycles. The molecule has 0 bridgehead atoms. The third-order valence-electron chi connectivity index (χ3n) is 8.93. The number of hydrogen-bond acceptors (Lipinski definition) is 5. The van der Waals surface area contributed by atoms with Crippen LogP contribution in [-0.2, 0) is 22.7 Å². The fourth-order valence-electron chi connectivity index (χ4n) is 6.50. The van der Waals surface area contributed by atoms with Crippen LogP contribution in [0.3, 0.4) is 0 Å². The van der Waals surface area contributed by atoms with Crippen molar-refractivity contribution in [2.75, 3.05) is 26.2 Å². The lowest BCUT2D eigenvalue weighted by atomic mass is 9.82. The SMILES string of the molecule is COc1ccc(C2C(C(=O)N(C)Cc3cn(Cc4ccccc4Cl)nc3-c3ccccc3)CCC(=O)N2c2ccc(C)cc2)cc1OC. The number of carbonyl (C=O) groups excluding carboxylic acids is 2. The summed E-state index contributed by atoms with van der Waals surface area (Å²) in [6.07, 6.45) is 2.66. The second-order valence-electron chi connectivity index (χ2n) is 12.2. The van der Waals surface area contributed by atoms with E-state index in [-0.39, 0.29) is 18.2 Å². The van der Waals surface area contributed by atoms with E-state index in [4.69, 9.17) is 26.2 Å². The fourth-order valence-corrected chi connectivity index (χ4v) is 6.69. The van der Waals surface area contributed by atoms with Gasteiger partial charge in [-0.25, -0.2) is 0 Å². The summed E-state index contributed by atoms with van der Waals surface area (Å²) in [5.74, 6) is 0.516. The van der Waals surface area contributed by atoms with E-state index < -0.39 is 12.0 Å². The van der Waals surface area contributed by atoms with Crippen molar-refractivity contribution < 1.29 is 19.1 Å². The second-order valence-corrected chi connectivity index (χ2v) is 12.6. The molecule has 1 fully saturated rings. The van der Waals surface area contributed by atoms with Crippen LogP contribution in [0.1, 0.15) is 41.1 Å². The number of aryl methyl sites for hydroxylation is 1. The maximum Gasteiger partial charge on any atom is 0.228 e. The van der Waals surface area contributed by atoms with Crippen LogP contribution in [0.25, 0.3) is 11.3 Å². The first-order valence-electron chi connectivity index (χ1n) is 16.0. The Hall–Kier alpha value is -5.08. The maximum atomic E-state index is 14.6. The fraction of sp³-hybridized carbons (Fsp3) is 0.256. The molecule has 1 aliphatic heterocycles. The lowest BCUT2D eigenvalue weighted by molar-refractivity contribution is -0.137. The topological polar surface area (TPSA) is 76.9 Å². The highest BCUT2D eigenvalue weighted by Crippen LogP contribution is 2.43. The van der Waals surface area contributed by atoms with Crippen LogP contribution >= 0.6 is 11.6 Å². The minimum Gasteiger partial charge on any atom is -0.493 e. The van der Waals surface area contributed by atoms with Gasteiger partial charge in [0.2, 0.25) is 11.8 Å². The summed E-state index contributed by atoms with van der Waals surface area (Å²) in [6, 6.07) is 30.6. The molecule has 2 heterocycles. The van der Waals surface area contributed by atoms with Crippen LogP contribution in [0.5, 0.6) is 11.5 Å². The smallest absolute Gasteiger partial charge is 0.228 e. The average Bonchev–Trinajstić information content (AvgIpc) is 3.51. The van der Waals surface area contributed by atoms with E-state index in [1.165, 1.54) is 0 Å². The molecule has 2 atom stereocenters. The first-order chi connectivity index (χ1) is 23.3. The van der Waals surface area contributed by atoms with Crippen LogP contribution in [0, 0.1) is 12.8 Å². The highest BCUT2D eigenvalue weighted by atomic mass is 35.5. The Morgan fingerprint density at radius 3 is 2.33 bits per heavy atom. The quantitative estimate of drug-likeness (QED) is 0.153. The summed E-state index contributed by atoms with van der Waals surface area (Å²) in [5.41, 5.74) is 6.26. The Labute approximate surface area is 286 Å². The van der Waals surface area contributed by atoms with Crippen molar-refractivity contribution in [1.29, 1.82) is 0 Å². The van der Waals surface area contributed by atoms with E-state index in [1.54, 1.807) is 24.0 Å². The van der Waals surface area contributed by atoms with Gasteiger partial charge in [-0.2, -0.15) is 5.10 Å². The molecule has 0 N–H and O–H groups in total. The zero-order valence-electron chi connectivity index (χ0n) is 27.6. The van der Waals surface area contributed by atoms with Crippen LogP contribution in [0.15, 0.2) is 103 Å². The van der Waals surface area contributed by atoms with Gasteiger partial charge in [0.25, 0.3) is 0 Å². The van der Waals surface area contributed by atoms with Gasteiger partial charge < -0.3 is 19.3 Å². The average molecular weight is 663 g/mol. The molecule has 8 nitrogen and oxygen atoms in total. The van der Waals surface area contributed by atoms with Crippen LogP contribution < -0.4 is 14.4 Å². The van der Waals surface area contributed by atoms with Gasteiger partial charge in [-0.15, -0.1) is 0 Å². The number of methoxy groups -OCH3 is 2. The molecule has 1 aliphatic rings. The number of halogens is 1. The molecule has 0 radical (unpaired) electrons. The number of rotatable bonds is 10. The van der Waals surface area contributed by atoms with E-state index in [0.29, 0.717) is 36.0 Å². The zero-order valence-corrected chi connectivity index (χ0v) is 28.4. The normalized spacial score (nSPS) is 16.1. The van der Waals surface area contributed by atoms with E-state index in [9.17, 15) is 9.59 Å². The Kier molecular flexibility index (Phi) is 9.82. The minimum atomic E-state index is -0.555. The van der Waals surface area contributed by atoms with Crippen molar-refractivity contribution >= 4 is 29.1 Å².